The molecule has 0 bridgehead atoms. The van der Waals surface area contributed by atoms with Gasteiger partial charge in [-0.25, -0.2) is 19.3 Å². The number of aryl methyl sites for hydroxylation is 3. The molecule has 0 aliphatic heterocycles. The Bertz CT molecular complexity index is 1060. The van der Waals surface area contributed by atoms with Crippen LogP contribution in [0.2, 0.25) is 0 Å². The van der Waals surface area contributed by atoms with Gasteiger partial charge in [0, 0.05) is 31.2 Å². The molecule has 2 heterocycles. The lowest BCUT2D eigenvalue weighted by Crippen LogP contribution is -2.22. The number of hydrogen-bond donors (Lipinski definition) is 2. The number of likely N-dealkylation sites (N-methyl/N-ethyl adjacent to an activating group) is 1. The van der Waals surface area contributed by atoms with E-state index in [0.717, 1.165) is 59.3 Å². The van der Waals surface area contributed by atoms with Gasteiger partial charge in [0.15, 0.2) is 0 Å². The van der Waals surface area contributed by atoms with Crippen molar-refractivity contribution in [3.63, 3.8) is 0 Å². The molecule has 0 atom stereocenters. The van der Waals surface area contributed by atoms with E-state index >= 15 is 0 Å². The maximum absolute atomic E-state index is 14.6. The number of halogens is 1. The summed E-state index contributed by atoms with van der Waals surface area (Å²) in [4.78, 5) is 16.6. The first-order valence-electron chi connectivity index (χ1n) is 9.92. The molecule has 30 heavy (non-hydrogen) atoms. The van der Waals surface area contributed by atoms with Gasteiger partial charge in [0.25, 0.3) is 0 Å². The van der Waals surface area contributed by atoms with Crippen molar-refractivity contribution in [2.75, 3.05) is 32.5 Å². The van der Waals surface area contributed by atoms with Gasteiger partial charge < -0.3 is 14.8 Å². The van der Waals surface area contributed by atoms with Gasteiger partial charge >= 0.3 is 0 Å². The van der Waals surface area contributed by atoms with Crippen molar-refractivity contribution in [2.45, 2.75) is 24.7 Å². The summed E-state index contributed by atoms with van der Waals surface area (Å²) >= 11 is 1.42. The summed E-state index contributed by atoms with van der Waals surface area (Å²) in [5.41, 5.74) is 4.39. The Kier molecular flexibility index (Phi) is 6.03. The topological polar surface area (TPSA) is 70.9 Å². The van der Waals surface area contributed by atoms with Gasteiger partial charge in [-0.1, -0.05) is 0 Å². The Morgan fingerprint density at radius 1 is 1.23 bits per heavy atom. The van der Waals surface area contributed by atoms with E-state index in [0.29, 0.717) is 11.6 Å². The van der Waals surface area contributed by atoms with Crippen LogP contribution in [0.15, 0.2) is 29.3 Å². The normalized spacial score (nSPS) is 12.7. The fraction of sp³-hybridized carbons (Fsp3) is 0.381. The van der Waals surface area contributed by atoms with Gasteiger partial charge in [0.2, 0.25) is 5.95 Å². The second kappa shape index (κ2) is 8.71. The highest BCUT2D eigenvalue weighted by Crippen LogP contribution is 2.33. The molecule has 1 aliphatic rings. The lowest BCUT2D eigenvalue weighted by molar-refractivity contribution is 0.415. The standard InChI is InChI=1S/C21H26FN7S/c1-13-25-18-7-5-14-12-23-21(27-19(14)20(18)29(13)4)26-17-8-6-15(11-16(17)22)30-24-9-10-28(2)3/h6,8,11-12,24H,5,7,9-10H2,1-4H3,(H,23,26,27). The van der Waals surface area contributed by atoms with Gasteiger partial charge in [0.05, 0.1) is 22.8 Å². The van der Waals surface area contributed by atoms with Gasteiger partial charge in [-0.05, 0) is 69.6 Å². The highest BCUT2D eigenvalue weighted by molar-refractivity contribution is 7.97. The largest absolute Gasteiger partial charge is 0.330 e. The molecule has 2 N–H and O–H groups in total. The smallest absolute Gasteiger partial charge is 0.227 e. The van der Waals surface area contributed by atoms with E-state index in [-0.39, 0.29) is 5.82 Å². The summed E-state index contributed by atoms with van der Waals surface area (Å²) in [6, 6.07) is 5.10. The Balaban J connectivity index is 1.50. The molecule has 0 fully saturated rings. The first-order chi connectivity index (χ1) is 14.4. The summed E-state index contributed by atoms with van der Waals surface area (Å²) < 4.78 is 19.9. The van der Waals surface area contributed by atoms with Crippen LogP contribution in [0.25, 0.3) is 11.4 Å². The highest BCUT2D eigenvalue weighted by Gasteiger charge is 2.24. The molecule has 0 spiro atoms. The molecule has 0 amide bonds. The predicted octanol–water partition coefficient (Wildman–Crippen LogP) is 3.33. The zero-order chi connectivity index (χ0) is 21.3. The van der Waals surface area contributed by atoms with Crippen molar-refractivity contribution >= 4 is 23.6 Å². The zero-order valence-electron chi connectivity index (χ0n) is 17.7. The molecule has 2 aromatic heterocycles. The number of imidazole rings is 1. The number of benzene rings is 1. The second-order valence-electron chi connectivity index (χ2n) is 7.65. The maximum Gasteiger partial charge on any atom is 0.227 e. The first-order valence-corrected chi connectivity index (χ1v) is 10.7. The quantitative estimate of drug-likeness (QED) is 0.443. The van der Waals surface area contributed by atoms with Gasteiger partial charge in [-0.2, -0.15) is 0 Å². The van der Waals surface area contributed by atoms with E-state index in [1.165, 1.54) is 18.0 Å². The molecule has 0 unspecified atom stereocenters. The van der Waals surface area contributed by atoms with Crippen LogP contribution in [0.4, 0.5) is 16.0 Å². The maximum atomic E-state index is 14.6. The number of rotatable bonds is 7. The lowest BCUT2D eigenvalue weighted by Gasteiger charge is -2.17. The SMILES string of the molecule is Cc1nc2c(n1C)-c1nc(Nc3ccc(SNCCN(C)C)cc3F)ncc1CC2. The van der Waals surface area contributed by atoms with Crippen molar-refractivity contribution in [1.82, 2.24) is 29.1 Å². The lowest BCUT2D eigenvalue weighted by atomic mass is 9.98. The fourth-order valence-electron chi connectivity index (χ4n) is 3.44. The molecule has 1 aliphatic carbocycles. The minimum atomic E-state index is -0.340. The van der Waals surface area contributed by atoms with Crippen molar-refractivity contribution in [3.8, 4) is 11.4 Å². The van der Waals surface area contributed by atoms with Gasteiger partial charge in [-0.3, -0.25) is 4.72 Å². The Labute approximate surface area is 180 Å². The predicted molar refractivity (Wildman–Crippen MR) is 118 cm³/mol. The molecule has 0 saturated heterocycles. The number of fused-ring (bicyclic) bond motifs is 3. The summed E-state index contributed by atoms with van der Waals surface area (Å²) in [5, 5.41) is 3.03. The van der Waals surface area contributed by atoms with Crippen LogP contribution >= 0.6 is 11.9 Å². The molecule has 9 heteroatoms. The van der Waals surface area contributed by atoms with Crippen LogP contribution < -0.4 is 10.0 Å². The van der Waals surface area contributed by atoms with Gasteiger partial charge in [0.1, 0.15) is 11.6 Å². The molecule has 158 valence electrons. The van der Waals surface area contributed by atoms with Crippen molar-refractivity contribution in [2.24, 2.45) is 7.05 Å². The molecule has 3 aromatic rings. The number of nitrogens with one attached hydrogen (secondary N) is 2. The zero-order valence-corrected chi connectivity index (χ0v) is 18.5. The van der Waals surface area contributed by atoms with E-state index in [9.17, 15) is 4.39 Å². The number of anilines is 2. The van der Waals surface area contributed by atoms with Crippen molar-refractivity contribution in [1.29, 1.82) is 0 Å². The number of hydrogen-bond acceptors (Lipinski definition) is 7. The molecule has 4 rings (SSSR count). The molecular weight excluding hydrogens is 401 g/mol. The van der Waals surface area contributed by atoms with Crippen LogP contribution in [0, 0.1) is 12.7 Å². The van der Waals surface area contributed by atoms with Crippen LogP contribution in [-0.2, 0) is 19.9 Å². The third kappa shape index (κ3) is 4.33. The Morgan fingerprint density at radius 3 is 2.83 bits per heavy atom. The minimum Gasteiger partial charge on any atom is -0.330 e. The molecule has 0 radical (unpaired) electrons. The van der Waals surface area contributed by atoms with Crippen LogP contribution in [0.3, 0.4) is 0 Å². The van der Waals surface area contributed by atoms with E-state index in [4.69, 9.17) is 4.98 Å². The summed E-state index contributed by atoms with van der Waals surface area (Å²) in [6.45, 7) is 3.73. The highest BCUT2D eigenvalue weighted by atomic mass is 32.2. The molecule has 7 nitrogen and oxygen atoms in total. The monoisotopic (exact) mass is 427 g/mol. The summed E-state index contributed by atoms with van der Waals surface area (Å²) in [6.07, 6.45) is 3.57. The average molecular weight is 428 g/mol. The third-order valence-electron chi connectivity index (χ3n) is 5.15. The van der Waals surface area contributed by atoms with Crippen molar-refractivity contribution < 1.29 is 4.39 Å². The van der Waals surface area contributed by atoms with E-state index in [1.807, 2.05) is 40.3 Å². The van der Waals surface area contributed by atoms with Crippen LogP contribution in [0.1, 0.15) is 17.1 Å². The number of aromatic nitrogens is 4. The molecule has 1 aromatic carbocycles. The van der Waals surface area contributed by atoms with Gasteiger partial charge in [-0.15, -0.1) is 0 Å². The van der Waals surface area contributed by atoms with E-state index in [2.05, 4.69) is 29.5 Å². The van der Waals surface area contributed by atoms with Crippen molar-refractivity contribution in [3.05, 3.63) is 47.3 Å². The summed E-state index contributed by atoms with van der Waals surface area (Å²) in [5.74, 6) is 0.996. The van der Waals surface area contributed by atoms with E-state index in [1.54, 1.807) is 6.07 Å². The Hall–Kier alpha value is -2.49. The van der Waals surface area contributed by atoms with Crippen LogP contribution in [0.5, 0.6) is 0 Å². The Morgan fingerprint density at radius 2 is 2.07 bits per heavy atom. The molecule has 0 saturated carbocycles. The third-order valence-corrected chi connectivity index (χ3v) is 5.99. The minimum absolute atomic E-state index is 0.340. The molecular formula is C21H26FN7S. The summed E-state index contributed by atoms with van der Waals surface area (Å²) in [7, 11) is 6.03. The first kappa shape index (κ1) is 20.8. The number of nitrogens with zero attached hydrogens (tertiary/aromatic N) is 5. The average Bonchev–Trinajstić information content (AvgIpc) is 3.01. The fourth-order valence-corrected chi connectivity index (χ4v) is 4.10. The van der Waals surface area contributed by atoms with E-state index < -0.39 is 0 Å². The van der Waals surface area contributed by atoms with Crippen LogP contribution in [-0.4, -0.2) is 51.6 Å². The second-order valence-corrected chi connectivity index (χ2v) is 8.61.